The number of carbonyl (C=O) groups excluding carboxylic acids is 1. The minimum atomic E-state index is -0.349. The number of hydrazone groups is 1. The van der Waals surface area contributed by atoms with E-state index in [9.17, 15) is 4.79 Å². The lowest BCUT2D eigenvalue weighted by Gasteiger charge is -2.47. The number of ether oxygens (including phenoxy) is 1. The Balaban J connectivity index is 1.90. The van der Waals surface area contributed by atoms with Crippen LogP contribution < -0.4 is 15.1 Å². The second-order valence-electron chi connectivity index (χ2n) is 8.40. The number of hydrogen-bond donors (Lipinski definition) is 1. The van der Waals surface area contributed by atoms with Crippen LogP contribution in [0.2, 0.25) is 5.02 Å². The summed E-state index contributed by atoms with van der Waals surface area (Å²) >= 11 is 6.08. The maximum absolute atomic E-state index is 12.3. The number of amides is 1. The molecule has 0 aromatic heterocycles. The van der Waals surface area contributed by atoms with Gasteiger partial charge in [0, 0.05) is 29.4 Å². The molecule has 0 saturated carbocycles. The number of anilines is 1. The van der Waals surface area contributed by atoms with Gasteiger partial charge in [-0.15, -0.1) is 0 Å². The van der Waals surface area contributed by atoms with Crippen LogP contribution in [0, 0.1) is 0 Å². The molecule has 0 bridgehead atoms. The molecule has 1 unspecified atom stereocenters. The zero-order valence-corrected chi connectivity index (χ0v) is 19.1. The van der Waals surface area contributed by atoms with Gasteiger partial charge in [0.15, 0.2) is 0 Å². The molecule has 1 heterocycles. The largest absolute Gasteiger partial charge is 0.496 e. The van der Waals surface area contributed by atoms with Crippen molar-refractivity contribution in [2.24, 2.45) is 5.10 Å². The van der Waals surface area contributed by atoms with E-state index in [4.69, 9.17) is 16.3 Å². The third-order valence-corrected chi connectivity index (χ3v) is 6.00. The molecule has 1 amide bonds. The normalized spacial score (nSPS) is 17.7. The van der Waals surface area contributed by atoms with E-state index in [1.165, 1.54) is 11.3 Å². The minimum absolute atomic E-state index is 0.0893. The van der Waals surface area contributed by atoms with Crippen molar-refractivity contribution >= 4 is 29.4 Å². The van der Waals surface area contributed by atoms with E-state index < -0.39 is 0 Å². The van der Waals surface area contributed by atoms with Gasteiger partial charge in [0.25, 0.3) is 5.91 Å². The topological polar surface area (TPSA) is 53.9 Å². The molecule has 1 aliphatic rings. The van der Waals surface area contributed by atoms with E-state index in [-0.39, 0.29) is 11.4 Å². The predicted molar refractivity (Wildman–Crippen MR) is 124 cm³/mol. The monoisotopic (exact) mass is 427 g/mol. The van der Waals surface area contributed by atoms with Gasteiger partial charge in [0.05, 0.1) is 23.9 Å². The number of rotatable bonds is 6. The van der Waals surface area contributed by atoms with Crippen molar-refractivity contribution in [2.75, 3.05) is 18.6 Å². The number of nitrogens with zero attached hydrogens (tertiary/aromatic N) is 2. The molecule has 2 aromatic rings. The van der Waals surface area contributed by atoms with Gasteiger partial charge in [-0.3, -0.25) is 4.79 Å². The van der Waals surface area contributed by atoms with Gasteiger partial charge < -0.3 is 9.64 Å². The number of hydrogen-bond acceptors (Lipinski definition) is 4. The summed E-state index contributed by atoms with van der Waals surface area (Å²) in [6.45, 7) is 10.1. The van der Waals surface area contributed by atoms with Crippen LogP contribution in [0.15, 0.2) is 41.5 Å². The lowest BCUT2D eigenvalue weighted by atomic mass is 9.79. The first-order valence-electron chi connectivity index (χ1n) is 10.4. The summed E-state index contributed by atoms with van der Waals surface area (Å²) in [5, 5.41) is 4.54. The van der Waals surface area contributed by atoms with Crippen molar-refractivity contribution in [1.82, 2.24) is 5.43 Å². The highest BCUT2D eigenvalue weighted by molar-refractivity contribution is 6.33. The van der Waals surface area contributed by atoms with Gasteiger partial charge >= 0.3 is 0 Å². The zero-order chi connectivity index (χ0) is 21.9. The lowest BCUT2D eigenvalue weighted by Crippen LogP contribution is -2.48. The van der Waals surface area contributed by atoms with E-state index >= 15 is 0 Å². The van der Waals surface area contributed by atoms with E-state index in [0.717, 1.165) is 30.7 Å². The maximum atomic E-state index is 12.3. The SMILES string of the molecule is CCCN1c2cc(OC)c(/C=N\NC(=O)c3ccccc3Cl)cc2C(C)CC1(C)C. The Kier molecular flexibility index (Phi) is 6.71. The van der Waals surface area contributed by atoms with Crippen LogP contribution in [-0.2, 0) is 0 Å². The molecule has 0 saturated heterocycles. The second-order valence-corrected chi connectivity index (χ2v) is 8.81. The van der Waals surface area contributed by atoms with Gasteiger partial charge in [-0.1, -0.05) is 37.6 Å². The second kappa shape index (κ2) is 9.09. The summed E-state index contributed by atoms with van der Waals surface area (Å²) in [5.74, 6) is 0.799. The average molecular weight is 428 g/mol. The molecule has 1 aliphatic heterocycles. The summed E-state index contributed by atoms with van der Waals surface area (Å²) in [7, 11) is 1.66. The Morgan fingerprint density at radius 1 is 1.37 bits per heavy atom. The molecular weight excluding hydrogens is 398 g/mol. The van der Waals surface area contributed by atoms with Crippen LogP contribution in [0.5, 0.6) is 5.75 Å². The van der Waals surface area contributed by atoms with Gasteiger partial charge in [-0.05, 0) is 56.4 Å². The molecule has 1 N–H and O–H groups in total. The first-order chi connectivity index (χ1) is 14.3. The molecule has 3 rings (SSSR count). The Labute approximate surface area is 184 Å². The van der Waals surface area contributed by atoms with Crippen molar-refractivity contribution in [3.05, 3.63) is 58.1 Å². The molecule has 6 heteroatoms. The Bertz CT molecular complexity index is 955. The fraction of sp³-hybridized carbons (Fsp3) is 0.417. The fourth-order valence-corrected chi connectivity index (χ4v) is 4.54. The van der Waals surface area contributed by atoms with Crippen LogP contribution in [0.25, 0.3) is 0 Å². The number of fused-ring (bicyclic) bond motifs is 1. The highest BCUT2D eigenvalue weighted by Crippen LogP contribution is 2.45. The first kappa shape index (κ1) is 22.2. The smallest absolute Gasteiger partial charge is 0.272 e. The number of benzene rings is 2. The van der Waals surface area contributed by atoms with Crippen molar-refractivity contribution in [2.45, 2.75) is 52.0 Å². The van der Waals surface area contributed by atoms with Crippen molar-refractivity contribution in [1.29, 1.82) is 0 Å². The number of nitrogens with one attached hydrogen (secondary N) is 1. The van der Waals surface area contributed by atoms with Gasteiger partial charge in [0.2, 0.25) is 0 Å². The van der Waals surface area contributed by atoms with Crippen molar-refractivity contribution < 1.29 is 9.53 Å². The van der Waals surface area contributed by atoms with Crippen molar-refractivity contribution in [3.63, 3.8) is 0 Å². The van der Waals surface area contributed by atoms with E-state index in [1.54, 1.807) is 37.6 Å². The zero-order valence-electron chi connectivity index (χ0n) is 18.3. The third-order valence-electron chi connectivity index (χ3n) is 5.67. The summed E-state index contributed by atoms with van der Waals surface area (Å²) in [6.07, 6.45) is 3.79. The maximum Gasteiger partial charge on any atom is 0.272 e. The molecule has 1 atom stereocenters. The molecule has 0 aliphatic carbocycles. The number of methoxy groups -OCH3 is 1. The Morgan fingerprint density at radius 2 is 2.10 bits per heavy atom. The number of halogens is 1. The van der Waals surface area contributed by atoms with Crippen LogP contribution in [-0.4, -0.2) is 31.3 Å². The summed E-state index contributed by atoms with van der Waals surface area (Å²) in [6, 6.07) is 11.1. The summed E-state index contributed by atoms with van der Waals surface area (Å²) in [5.41, 5.74) is 6.36. The van der Waals surface area contributed by atoms with Gasteiger partial charge in [-0.25, -0.2) is 5.43 Å². The van der Waals surface area contributed by atoms with Crippen LogP contribution in [0.4, 0.5) is 5.69 Å². The fourth-order valence-electron chi connectivity index (χ4n) is 4.32. The van der Waals surface area contributed by atoms with Crippen molar-refractivity contribution in [3.8, 4) is 5.75 Å². The van der Waals surface area contributed by atoms with E-state index in [0.29, 0.717) is 16.5 Å². The highest BCUT2D eigenvalue weighted by atomic mass is 35.5. The Hall–Kier alpha value is -2.53. The lowest BCUT2D eigenvalue weighted by molar-refractivity contribution is 0.0955. The quantitative estimate of drug-likeness (QED) is 0.481. The van der Waals surface area contributed by atoms with Gasteiger partial charge in [0.1, 0.15) is 5.75 Å². The summed E-state index contributed by atoms with van der Waals surface area (Å²) < 4.78 is 5.65. The number of carbonyl (C=O) groups is 1. The Morgan fingerprint density at radius 3 is 2.77 bits per heavy atom. The third kappa shape index (κ3) is 4.46. The van der Waals surface area contributed by atoms with E-state index in [2.05, 4.69) is 55.3 Å². The molecule has 160 valence electrons. The molecule has 0 radical (unpaired) electrons. The van der Waals surface area contributed by atoms with Crippen LogP contribution in [0.1, 0.15) is 67.9 Å². The van der Waals surface area contributed by atoms with Gasteiger partial charge in [-0.2, -0.15) is 5.10 Å². The predicted octanol–water partition coefficient (Wildman–Crippen LogP) is 5.61. The molecule has 5 nitrogen and oxygen atoms in total. The van der Waals surface area contributed by atoms with Crippen LogP contribution in [0.3, 0.4) is 0 Å². The molecule has 0 spiro atoms. The molecular formula is C24H30ClN3O2. The molecule has 2 aromatic carbocycles. The average Bonchev–Trinajstić information content (AvgIpc) is 2.70. The molecule has 0 fully saturated rings. The van der Waals surface area contributed by atoms with Crippen LogP contribution >= 0.6 is 11.6 Å². The summed E-state index contributed by atoms with van der Waals surface area (Å²) in [4.78, 5) is 14.8. The first-order valence-corrected chi connectivity index (χ1v) is 10.7. The standard InChI is InChI=1S/C24H30ClN3O2/c1-6-11-28-21-13-22(30-5)17(12-19(21)16(2)14-24(28,3)4)15-26-27-23(29)18-9-7-8-10-20(18)25/h7-10,12-13,15-16H,6,11,14H2,1-5H3,(H,27,29)/b26-15-. The van der Waals surface area contributed by atoms with E-state index in [1.807, 2.05) is 0 Å². The minimum Gasteiger partial charge on any atom is -0.496 e. The highest BCUT2D eigenvalue weighted by Gasteiger charge is 2.36. The molecule has 30 heavy (non-hydrogen) atoms.